The minimum atomic E-state index is -1.09. The molecule has 0 aliphatic rings. The molecule has 0 aliphatic carbocycles. The largest absolute Gasteiger partial charge is 0.480 e. The number of carbonyl (C=O) groups excluding carboxylic acids is 1. The second-order valence-corrected chi connectivity index (χ2v) is 4.16. The molecule has 0 heterocycles. The summed E-state index contributed by atoms with van der Waals surface area (Å²) in [5.74, 6) is -1.35. The summed E-state index contributed by atoms with van der Waals surface area (Å²) in [7, 11) is 0. The van der Waals surface area contributed by atoms with E-state index in [1.54, 1.807) is 12.1 Å². The van der Waals surface area contributed by atoms with Gasteiger partial charge in [0.05, 0.1) is 5.69 Å². The smallest absolute Gasteiger partial charge is 0.327 e. The van der Waals surface area contributed by atoms with Crippen LogP contribution in [0.1, 0.15) is 6.92 Å². The van der Waals surface area contributed by atoms with Gasteiger partial charge in [-0.25, -0.2) is 4.79 Å². The van der Waals surface area contributed by atoms with E-state index in [0.29, 0.717) is 5.69 Å². The van der Waals surface area contributed by atoms with Gasteiger partial charge in [0.25, 0.3) is 0 Å². The molecule has 96 valence electrons. The quantitative estimate of drug-likeness (QED) is 0.612. The van der Waals surface area contributed by atoms with E-state index in [0.717, 1.165) is 11.9 Å². The molecule has 1 rings (SSSR count). The molecule has 1 atom stereocenters. The Morgan fingerprint density at radius 3 is 2.61 bits per heavy atom. The van der Waals surface area contributed by atoms with Crippen molar-refractivity contribution in [2.75, 3.05) is 5.75 Å². The van der Waals surface area contributed by atoms with Crippen LogP contribution < -0.4 is 5.32 Å². The summed E-state index contributed by atoms with van der Waals surface area (Å²) >= 11 is 0.989. The predicted molar refractivity (Wildman–Crippen MR) is 68.7 cm³/mol. The maximum Gasteiger partial charge on any atom is 0.327 e. The van der Waals surface area contributed by atoms with Crippen molar-refractivity contribution in [1.82, 2.24) is 5.32 Å². The fraction of sp³-hybridized carbons (Fsp3) is 0.273. The molecule has 0 aromatic heterocycles. The zero-order chi connectivity index (χ0) is 13.4. The lowest BCUT2D eigenvalue weighted by atomic mass is 10.3. The Bertz CT molecular complexity index is 436. The molecule has 1 amide bonds. The summed E-state index contributed by atoms with van der Waals surface area (Å²) < 4.78 is 3.80. The lowest BCUT2D eigenvalue weighted by molar-refractivity contribution is -0.140. The monoisotopic (exact) mass is 273 g/mol. The van der Waals surface area contributed by atoms with Gasteiger partial charge in [-0.2, -0.15) is 0 Å². The molecule has 1 aromatic rings. The third kappa shape index (κ3) is 5.44. The highest BCUT2D eigenvalue weighted by Gasteiger charge is 2.17. The fourth-order valence-electron chi connectivity index (χ4n) is 1.10. The number of carboxylic acid groups (broad SMARTS) is 1. The number of hydrogen-bond donors (Lipinski definition) is 2. The van der Waals surface area contributed by atoms with Crippen molar-refractivity contribution in [3.8, 4) is 0 Å². The predicted octanol–water partition coefficient (Wildman–Crippen LogP) is 2.01. The van der Waals surface area contributed by atoms with Crippen LogP contribution in [0.5, 0.6) is 0 Å². The van der Waals surface area contributed by atoms with Gasteiger partial charge in [-0.15, -0.1) is 9.63 Å². The first-order valence-corrected chi connectivity index (χ1v) is 6.12. The van der Waals surface area contributed by atoms with Gasteiger partial charge in [0, 0.05) is 24.6 Å². The molecule has 7 heteroatoms. The van der Waals surface area contributed by atoms with Crippen LogP contribution in [0.3, 0.4) is 0 Å². The van der Waals surface area contributed by atoms with Crippen LogP contribution >= 0.6 is 11.9 Å². The molecular formula is C11H13N3O3S. The minimum absolute atomic E-state index is 0.130. The maximum absolute atomic E-state index is 10.8. The SMILES string of the molecule is CC(=O)N[C@@H](CSN=N[13c]1[13cH][13cH][13cH][13cH][13cH]1)C(=O)O. The molecule has 0 radical (unpaired) electrons. The van der Waals surface area contributed by atoms with Crippen LogP contribution in [-0.4, -0.2) is 28.8 Å². The maximum atomic E-state index is 10.8. The Hall–Kier alpha value is -1.89. The van der Waals surface area contributed by atoms with Gasteiger partial charge in [0.15, 0.2) is 0 Å². The van der Waals surface area contributed by atoms with E-state index in [1.807, 2.05) is 18.2 Å². The summed E-state index contributed by atoms with van der Waals surface area (Å²) in [5.41, 5.74) is 0.691. The number of carboxylic acids is 1. The first kappa shape index (κ1) is 14.2. The van der Waals surface area contributed by atoms with E-state index in [4.69, 9.17) is 5.11 Å². The number of hydrogen-bond acceptors (Lipinski definition) is 5. The summed E-state index contributed by atoms with van der Waals surface area (Å²) in [6.45, 7) is 1.27. The topological polar surface area (TPSA) is 91.1 Å². The second-order valence-electron chi connectivity index (χ2n) is 3.40. The van der Waals surface area contributed by atoms with Crippen molar-refractivity contribution in [2.45, 2.75) is 13.0 Å². The molecule has 0 saturated heterocycles. The zero-order valence-corrected chi connectivity index (χ0v) is 10.6. The number of amides is 1. The third-order valence-electron chi connectivity index (χ3n) is 1.89. The number of aliphatic carboxylic acids is 1. The summed E-state index contributed by atoms with van der Waals surface area (Å²) in [6.07, 6.45) is 0. The highest BCUT2D eigenvalue weighted by atomic mass is 32.2. The van der Waals surface area contributed by atoms with Crippen molar-refractivity contribution in [3.63, 3.8) is 0 Å². The zero-order valence-electron chi connectivity index (χ0n) is 9.74. The standard InChI is InChI=1S/C11H13N3O3S/c1-8(15)12-10(11(16)17)7-18-14-13-9-5-3-2-4-6-9/h2-6,10H,7H2,1H3,(H,12,15)(H,16,17)/t10-/m0/s1/i2+1,3+1,4+1,5+1,6+1,9+1. The lowest BCUT2D eigenvalue weighted by Gasteiger charge is -2.10. The molecule has 0 fully saturated rings. The number of nitrogens with one attached hydrogen (secondary N) is 1. The van der Waals surface area contributed by atoms with Crippen molar-refractivity contribution in [2.24, 2.45) is 9.63 Å². The normalized spacial score (nSPS) is 12.3. The van der Waals surface area contributed by atoms with Crippen molar-refractivity contribution in [3.05, 3.63) is 30.3 Å². The molecule has 2 N–H and O–H groups in total. The molecule has 0 bridgehead atoms. The van der Waals surface area contributed by atoms with E-state index >= 15 is 0 Å². The Morgan fingerprint density at radius 1 is 1.39 bits per heavy atom. The molecular weight excluding hydrogens is 260 g/mol. The Kier molecular flexibility index (Phi) is 5.86. The lowest BCUT2D eigenvalue weighted by Crippen LogP contribution is -2.41. The van der Waals surface area contributed by atoms with Gasteiger partial charge in [-0.1, -0.05) is 18.2 Å². The number of rotatable bonds is 6. The van der Waals surface area contributed by atoms with E-state index in [-0.39, 0.29) is 11.7 Å². The average Bonchev–Trinajstić information content (AvgIpc) is 2.33. The number of nitrogens with zero attached hydrogens (tertiary/aromatic N) is 2. The van der Waals surface area contributed by atoms with Crippen molar-refractivity contribution < 1.29 is 14.7 Å². The molecule has 1 aromatic carbocycles. The first-order valence-electron chi connectivity index (χ1n) is 5.17. The van der Waals surface area contributed by atoms with Crippen molar-refractivity contribution >= 4 is 29.5 Å². The highest BCUT2D eigenvalue weighted by molar-refractivity contribution is 7.97. The fourth-order valence-corrected chi connectivity index (χ4v) is 1.69. The van der Waals surface area contributed by atoms with Gasteiger partial charge in [-0.05, 0) is 12.1 Å². The van der Waals surface area contributed by atoms with Crippen LogP contribution in [0.2, 0.25) is 0 Å². The van der Waals surface area contributed by atoms with E-state index in [9.17, 15) is 9.59 Å². The molecule has 0 unspecified atom stereocenters. The molecule has 0 saturated carbocycles. The van der Waals surface area contributed by atoms with Gasteiger partial charge in [0.2, 0.25) is 5.91 Å². The third-order valence-corrected chi connectivity index (χ3v) is 2.57. The van der Waals surface area contributed by atoms with Gasteiger partial charge >= 0.3 is 5.97 Å². The van der Waals surface area contributed by atoms with Crippen molar-refractivity contribution in [1.29, 1.82) is 0 Å². The van der Waals surface area contributed by atoms with Crippen LogP contribution in [0.25, 0.3) is 0 Å². The van der Waals surface area contributed by atoms with Crippen LogP contribution in [0, 0.1) is 0 Å². The van der Waals surface area contributed by atoms with Gasteiger partial charge in [-0.3, -0.25) is 4.79 Å². The highest BCUT2D eigenvalue weighted by Crippen LogP contribution is 2.14. The summed E-state index contributed by atoms with van der Waals surface area (Å²) in [5, 5.41) is 15.1. The van der Waals surface area contributed by atoms with E-state index in [2.05, 4.69) is 15.0 Å². The Labute approximate surface area is 109 Å². The Balaban J connectivity index is 2.41. The summed E-state index contributed by atoms with van der Waals surface area (Å²) in [6, 6.07) is 8.14. The second kappa shape index (κ2) is 7.44. The van der Waals surface area contributed by atoms with Crippen LogP contribution in [-0.2, 0) is 9.59 Å². The molecule has 6 nitrogen and oxygen atoms in total. The first-order chi connectivity index (χ1) is 8.59. The molecule has 18 heavy (non-hydrogen) atoms. The molecule has 0 aliphatic heterocycles. The van der Waals surface area contributed by atoms with Crippen LogP contribution in [0.15, 0.2) is 40.0 Å². The minimum Gasteiger partial charge on any atom is -0.480 e. The van der Waals surface area contributed by atoms with Gasteiger partial charge < -0.3 is 10.4 Å². The number of carbonyl (C=O) groups is 2. The summed E-state index contributed by atoms with van der Waals surface area (Å²) in [4.78, 5) is 21.6. The average molecular weight is 273 g/mol. The Morgan fingerprint density at radius 2 is 2.06 bits per heavy atom. The van der Waals surface area contributed by atoms with Gasteiger partial charge in [0.1, 0.15) is 6.04 Å². The van der Waals surface area contributed by atoms with Crippen LogP contribution in [0.4, 0.5) is 5.69 Å². The number of benzene rings is 1. The van der Waals surface area contributed by atoms with E-state index in [1.165, 1.54) is 6.92 Å². The molecule has 0 spiro atoms. The van der Waals surface area contributed by atoms with E-state index < -0.39 is 12.0 Å².